The molecule has 0 saturated heterocycles. The lowest BCUT2D eigenvalue weighted by atomic mass is 10.1. The first kappa shape index (κ1) is 15.1. The van der Waals surface area contributed by atoms with Crippen molar-refractivity contribution in [3.8, 4) is 5.75 Å². The SMILES string of the molecule is COC(=O)Cc1ccccc1COc1cccc(C)c1C. The number of ether oxygens (including phenoxy) is 2. The fourth-order valence-corrected chi connectivity index (χ4v) is 2.13. The highest BCUT2D eigenvalue weighted by Gasteiger charge is 2.09. The summed E-state index contributed by atoms with van der Waals surface area (Å²) in [6.45, 7) is 4.55. The van der Waals surface area contributed by atoms with Crippen molar-refractivity contribution in [2.75, 3.05) is 7.11 Å². The van der Waals surface area contributed by atoms with E-state index in [0.29, 0.717) is 6.61 Å². The van der Waals surface area contributed by atoms with Crippen LogP contribution in [0.4, 0.5) is 0 Å². The van der Waals surface area contributed by atoms with Crippen LogP contribution >= 0.6 is 0 Å². The lowest BCUT2D eigenvalue weighted by Crippen LogP contribution is -2.08. The van der Waals surface area contributed by atoms with Gasteiger partial charge in [-0.2, -0.15) is 0 Å². The average Bonchev–Trinajstić information content (AvgIpc) is 2.50. The number of aryl methyl sites for hydroxylation is 1. The third-order valence-electron chi connectivity index (χ3n) is 3.62. The Bertz CT molecular complexity index is 632. The molecule has 0 spiro atoms. The fourth-order valence-electron chi connectivity index (χ4n) is 2.13. The normalized spacial score (nSPS) is 10.2. The molecule has 0 unspecified atom stereocenters. The predicted octanol–water partition coefficient (Wildman–Crippen LogP) is 3.60. The molecular formula is C18H20O3. The van der Waals surface area contributed by atoms with Crippen molar-refractivity contribution in [1.82, 2.24) is 0 Å². The highest BCUT2D eigenvalue weighted by molar-refractivity contribution is 5.72. The van der Waals surface area contributed by atoms with Crippen molar-refractivity contribution in [1.29, 1.82) is 0 Å². The lowest BCUT2D eigenvalue weighted by molar-refractivity contribution is -0.139. The van der Waals surface area contributed by atoms with Crippen molar-refractivity contribution in [2.45, 2.75) is 26.9 Å². The summed E-state index contributed by atoms with van der Waals surface area (Å²) in [4.78, 5) is 11.4. The zero-order valence-electron chi connectivity index (χ0n) is 12.7. The van der Waals surface area contributed by atoms with Crippen molar-refractivity contribution in [3.63, 3.8) is 0 Å². The lowest BCUT2D eigenvalue weighted by Gasteiger charge is -2.13. The number of hydrogen-bond acceptors (Lipinski definition) is 3. The molecule has 2 aromatic rings. The van der Waals surface area contributed by atoms with Crippen LogP contribution in [0, 0.1) is 13.8 Å². The number of carbonyl (C=O) groups is 1. The van der Waals surface area contributed by atoms with Gasteiger partial charge in [-0.15, -0.1) is 0 Å². The maximum Gasteiger partial charge on any atom is 0.309 e. The molecule has 2 aromatic carbocycles. The molecule has 0 bridgehead atoms. The summed E-state index contributed by atoms with van der Waals surface area (Å²) >= 11 is 0. The van der Waals surface area contributed by atoms with Gasteiger partial charge in [0.15, 0.2) is 0 Å². The van der Waals surface area contributed by atoms with Crippen LogP contribution < -0.4 is 4.74 Å². The Kier molecular flexibility index (Phi) is 4.99. The van der Waals surface area contributed by atoms with Gasteiger partial charge in [0.2, 0.25) is 0 Å². The van der Waals surface area contributed by atoms with E-state index in [1.807, 2.05) is 43.3 Å². The van der Waals surface area contributed by atoms with Gasteiger partial charge in [-0.05, 0) is 42.2 Å². The van der Waals surface area contributed by atoms with Gasteiger partial charge in [0.25, 0.3) is 0 Å². The second kappa shape index (κ2) is 6.93. The summed E-state index contributed by atoms with van der Waals surface area (Å²) in [5, 5.41) is 0. The quantitative estimate of drug-likeness (QED) is 0.787. The minimum atomic E-state index is -0.241. The van der Waals surface area contributed by atoms with E-state index < -0.39 is 0 Å². The van der Waals surface area contributed by atoms with E-state index in [1.54, 1.807) is 0 Å². The molecule has 0 radical (unpaired) electrons. The standard InChI is InChI=1S/C18H20O3/c1-13-7-6-10-17(14(13)2)21-12-16-9-5-4-8-15(16)11-18(19)20-3/h4-10H,11-12H2,1-3H3. The molecule has 21 heavy (non-hydrogen) atoms. The minimum absolute atomic E-state index is 0.241. The van der Waals surface area contributed by atoms with Crippen LogP contribution in [0.5, 0.6) is 5.75 Å². The molecule has 0 aromatic heterocycles. The van der Waals surface area contributed by atoms with Crippen LogP contribution in [0.15, 0.2) is 42.5 Å². The number of rotatable bonds is 5. The molecule has 0 aliphatic heterocycles. The molecule has 0 fully saturated rings. The van der Waals surface area contributed by atoms with Crippen LogP contribution in [-0.4, -0.2) is 13.1 Å². The number of carbonyl (C=O) groups excluding carboxylic acids is 1. The largest absolute Gasteiger partial charge is 0.489 e. The summed E-state index contributed by atoms with van der Waals surface area (Å²) in [6.07, 6.45) is 0.267. The van der Waals surface area contributed by atoms with Gasteiger partial charge in [0.1, 0.15) is 12.4 Å². The first-order valence-corrected chi connectivity index (χ1v) is 6.94. The zero-order valence-corrected chi connectivity index (χ0v) is 12.7. The molecule has 0 amide bonds. The van der Waals surface area contributed by atoms with Gasteiger partial charge in [-0.3, -0.25) is 4.79 Å². The molecule has 0 atom stereocenters. The maximum absolute atomic E-state index is 11.4. The van der Waals surface area contributed by atoms with E-state index in [1.165, 1.54) is 12.7 Å². The molecule has 0 heterocycles. The van der Waals surface area contributed by atoms with E-state index in [0.717, 1.165) is 22.4 Å². The van der Waals surface area contributed by atoms with Gasteiger partial charge in [-0.1, -0.05) is 36.4 Å². The maximum atomic E-state index is 11.4. The highest BCUT2D eigenvalue weighted by Crippen LogP contribution is 2.22. The Morgan fingerprint density at radius 2 is 1.71 bits per heavy atom. The smallest absolute Gasteiger partial charge is 0.309 e. The van der Waals surface area contributed by atoms with Gasteiger partial charge in [0.05, 0.1) is 13.5 Å². The first-order valence-electron chi connectivity index (χ1n) is 6.94. The van der Waals surface area contributed by atoms with Gasteiger partial charge in [-0.25, -0.2) is 0 Å². The van der Waals surface area contributed by atoms with Crippen molar-refractivity contribution < 1.29 is 14.3 Å². The summed E-state index contributed by atoms with van der Waals surface area (Å²) in [7, 11) is 1.40. The van der Waals surface area contributed by atoms with Crippen molar-refractivity contribution in [2.24, 2.45) is 0 Å². The molecule has 0 aliphatic carbocycles. The molecule has 0 saturated carbocycles. The average molecular weight is 284 g/mol. The molecular weight excluding hydrogens is 264 g/mol. The third kappa shape index (κ3) is 3.85. The molecule has 0 N–H and O–H groups in total. The topological polar surface area (TPSA) is 35.5 Å². The Morgan fingerprint density at radius 3 is 2.43 bits per heavy atom. The van der Waals surface area contributed by atoms with E-state index in [-0.39, 0.29) is 12.4 Å². The summed E-state index contributed by atoms with van der Waals surface area (Å²) < 4.78 is 10.6. The van der Waals surface area contributed by atoms with E-state index in [9.17, 15) is 4.79 Å². The molecule has 110 valence electrons. The van der Waals surface area contributed by atoms with Crippen LogP contribution in [0.1, 0.15) is 22.3 Å². The van der Waals surface area contributed by atoms with Crippen molar-refractivity contribution >= 4 is 5.97 Å². The van der Waals surface area contributed by atoms with Crippen LogP contribution in [0.25, 0.3) is 0 Å². The Morgan fingerprint density at radius 1 is 1.00 bits per heavy atom. The second-order valence-electron chi connectivity index (χ2n) is 5.01. The number of methoxy groups -OCH3 is 1. The Hall–Kier alpha value is -2.29. The number of benzene rings is 2. The highest BCUT2D eigenvalue weighted by atomic mass is 16.5. The van der Waals surface area contributed by atoms with E-state index >= 15 is 0 Å². The van der Waals surface area contributed by atoms with Crippen LogP contribution in [0.2, 0.25) is 0 Å². The van der Waals surface area contributed by atoms with E-state index in [2.05, 4.69) is 13.0 Å². The second-order valence-corrected chi connectivity index (χ2v) is 5.01. The summed E-state index contributed by atoms with van der Waals surface area (Å²) in [6, 6.07) is 13.8. The fraction of sp³-hybridized carbons (Fsp3) is 0.278. The number of hydrogen-bond donors (Lipinski definition) is 0. The van der Waals surface area contributed by atoms with Crippen molar-refractivity contribution in [3.05, 3.63) is 64.7 Å². The molecule has 0 aliphatic rings. The molecule has 3 heteroatoms. The van der Waals surface area contributed by atoms with Crippen LogP contribution in [0.3, 0.4) is 0 Å². The van der Waals surface area contributed by atoms with E-state index in [4.69, 9.17) is 9.47 Å². The Balaban J connectivity index is 2.13. The molecule has 3 nitrogen and oxygen atoms in total. The van der Waals surface area contributed by atoms with Gasteiger partial charge < -0.3 is 9.47 Å². The van der Waals surface area contributed by atoms with Gasteiger partial charge >= 0.3 is 5.97 Å². The molecule has 2 rings (SSSR count). The minimum Gasteiger partial charge on any atom is -0.489 e. The van der Waals surface area contributed by atoms with Crippen LogP contribution in [-0.2, 0) is 22.6 Å². The monoisotopic (exact) mass is 284 g/mol. The predicted molar refractivity (Wildman–Crippen MR) is 82.4 cm³/mol. The Labute approximate surface area is 125 Å². The third-order valence-corrected chi connectivity index (χ3v) is 3.62. The summed E-state index contributed by atoms with van der Waals surface area (Å²) in [5.41, 5.74) is 4.29. The first-order chi connectivity index (χ1) is 10.1. The summed E-state index contributed by atoms with van der Waals surface area (Å²) in [5.74, 6) is 0.636. The van der Waals surface area contributed by atoms with Gasteiger partial charge in [0, 0.05) is 0 Å². The zero-order chi connectivity index (χ0) is 15.2. The number of esters is 1.